The van der Waals surface area contributed by atoms with Crippen LogP contribution in [0.5, 0.6) is 0 Å². The average Bonchev–Trinajstić information content (AvgIpc) is 3.36. The molecule has 0 bridgehead atoms. The van der Waals surface area contributed by atoms with Crippen LogP contribution >= 0.6 is 11.6 Å². The van der Waals surface area contributed by atoms with E-state index in [1.807, 2.05) is 37.4 Å². The standard InChI is InChI=1S/C20H18ClN5O/c1-2-26(12-13-3-6-22-7-4-13)20(27)17-9-14(10-24-17)18-15-5-8-23-19(15)25-11-16(18)21/h3-11,24H,2,12H2,1H3,(H,23,25). The molecule has 0 atom stereocenters. The molecule has 0 aliphatic carbocycles. The van der Waals surface area contributed by atoms with Gasteiger partial charge in [-0.2, -0.15) is 0 Å². The predicted molar refractivity (Wildman–Crippen MR) is 106 cm³/mol. The lowest BCUT2D eigenvalue weighted by molar-refractivity contribution is 0.0747. The van der Waals surface area contributed by atoms with Crippen LogP contribution in [0.1, 0.15) is 23.0 Å². The summed E-state index contributed by atoms with van der Waals surface area (Å²) in [5.41, 5.74) is 4.04. The Morgan fingerprint density at radius 2 is 2.04 bits per heavy atom. The van der Waals surface area contributed by atoms with Crippen LogP contribution in [0, 0.1) is 0 Å². The SMILES string of the molecule is CCN(Cc1ccncc1)C(=O)c1cc(-c2c(Cl)cnc3[nH]ccc23)c[nH]1. The number of H-pyrrole nitrogens is 2. The van der Waals surface area contributed by atoms with E-state index < -0.39 is 0 Å². The number of carbonyl (C=O) groups is 1. The lowest BCUT2D eigenvalue weighted by Gasteiger charge is -2.20. The topological polar surface area (TPSA) is 77.7 Å². The van der Waals surface area contributed by atoms with Gasteiger partial charge in [0, 0.05) is 60.6 Å². The molecule has 0 radical (unpaired) electrons. The van der Waals surface area contributed by atoms with E-state index in [4.69, 9.17) is 11.6 Å². The molecule has 0 spiro atoms. The summed E-state index contributed by atoms with van der Waals surface area (Å²) < 4.78 is 0. The van der Waals surface area contributed by atoms with Crippen molar-refractivity contribution in [3.8, 4) is 11.1 Å². The molecule has 27 heavy (non-hydrogen) atoms. The molecule has 0 unspecified atom stereocenters. The van der Waals surface area contributed by atoms with Crippen molar-refractivity contribution < 1.29 is 4.79 Å². The van der Waals surface area contributed by atoms with Crippen LogP contribution in [-0.4, -0.2) is 37.3 Å². The number of pyridine rings is 2. The molecule has 6 nitrogen and oxygen atoms in total. The van der Waals surface area contributed by atoms with Crippen molar-refractivity contribution in [1.29, 1.82) is 0 Å². The summed E-state index contributed by atoms with van der Waals surface area (Å²) in [7, 11) is 0. The smallest absolute Gasteiger partial charge is 0.270 e. The summed E-state index contributed by atoms with van der Waals surface area (Å²) in [4.78, 5) is 29.2. The van der Waals surface area contributed by atoms with E-state index >= 15 is 0 Å². The second-order valence-corrected chi connectivity index (χ2v) is 6.61. The van der Waals surface area contributed by atoms with Gasteiger partial charge < -0.3 is 14.9 Å². The van der Waals surface area contributed by atoms with E-state index in [9.17, 15) is 4.79 Å². The molecule has 2 N–H and O–H groups in total. The molecule has 4 rings (SSSR count). The number of nitrogens with one attached hydrogen (secondary N) is 2. The van der Waals surface area contributed by atoms with Crippen LogP contribution in [0.15, 0.2) is 55.2 Å². The van der Waals surface area contributed by atoms with Gasteiger partial charge in [0.25, 0.3) is 5.91 Å². The van der Waals surface area contributed by atoms with Crippen molar-refractivity contribution >= 4 is 28.5 Å². The quantitative estimate of drug-likeness (QED) is 0.543. The molecule has 0 aliphatic rings. The Morgan fingerprint density at radius 3 is 2.81 bits per heavy atom. The Labute approximate surface area is 161 Å². The number of nitrogens with zero attached hydrogens (tertiary/aromatic N) is 3. The Morgan fingerprint density at radius 1 is 1.22 bits per heavy atom. The van der Waals surface area contributed by atoms with E-state index in [0.29, 0.717) is 23.8 Å². The van der Waals surface area contributed by atoms with Crippen LogP contribution < -0.4 is 0 Å². The number of hydrogen-bond acceptors (Lipinski definition) is 3. The maximum Gasteiger partial charge on any atom is 0.270 e. The van der Waals surface area contributed by atoms with Crippen LogP contribution in [-0.2, 0) is 6.54 Å². The minimum atomic E-state index is -0.0592. The Bertz CT molecular complexity index is 1090. The Balaban J connectivity index is 1.64. The normalized spacial score (nSPS) is 11.0. The lowest BCUT2D eigenvalue weighted by Crippen LogP contribution is -2.30. The molecule has 0 aliphatic heterocycles. The third kappa shape index (κ3) is 3.31. The maximum absolute atomic E-state index is 13.0. The highest BCUT2D eigenvalue weighted by Crippen LogP contribution is 2.34. The number of fused-ring (bicyclic) bond motifs is 1. The van der Waals surface area contributed by atoms with Gasteiger partial charge in [0.05, 0.1) is 5.02 Å². The van der Waals surface area contributed by atoms with Crippen LogP contribution in [0.25, 0.3) is 22.2 Å². The van der Waals surface area contributed by atoms with Crippen LogP contribution in [0.4, 0.5) is 0 Å². The first-order chi connectivity index (χ1) is 13.2. The molecule has 0 fully saturated rings. The van der Waals surface area contributed by atoms with Crippen molar-refractivity contribution in [3.63, 3.8) is 0 Å². The summed E-state index contributed by atoms with van der Waals surface area (Å²) in [6.45, 7) is 3.10. The molecular weight excluding hydrogens is 362 g/mol. The number of halogens is 1. The summed E-state index contributed by atoms with van der Waals surface area (Å²) >= 11 is 6.39. The second kappa shape index (κ2) is 7.25. The van der Waals surface area contributed by atoms with Gasteiger partial charge in [0.2, 0.25) is 0 Å². The first-order valence-electron chi connectivity index (χ1n) is 8.66. The third-order valence-electron chi connectivity index (χ3n) is 4.53. The van der Waals surface area contributed by atoms with Gasteiger partial charge in [-0.25, -0.2) is 4.98 Å². The molecule has 7 heteroatoms. The Kier molecular flexibility index (Phi) is 4.64. The molecule has 4 heterocycles. The molecule has 0 saturated carbocycles. The van der Waals surface area contributed by atoms with Crippen molar-refractivity contribution in [1.82, 2.24) is 24.8 Å². The van der Waals surface area contributed by atoms with E-state index in [-0.39, 0.29) is 5.91 Å². The molecule has 0 aromatic carbocycles. The first kappa shape index (κ1) is 17.3. The van der Waals surface area contributed by atoms with E-state index in [2.05, 4.69) is 19.9 Å². The fraction of sp³-hybridized carbons (Fsp3) is 0.150. The number of aromatic nitrogens is 4. The zero-order valence-electron chi connectivity index (χ0n) is 14.7. The van der Waals surface area contributed by atoms with Gasteiger partial charge in [-0.1, -0.05) is 11.6 Å². The zero-order valence-corrected chi connectivity index (χ0v) is 15.5. The first-order valence-corrected chi connectivity index (χ1v) is 9.03. The molecule has 4 aromatic heterocycles. The molecule has 4 aromatic rings. The maximum atomic E-state index is 13.0. The number of hydrogen-bond donors (Lipinski definition) is 2. The molecular formula is C20H18ClN5O. The highest BCUT2D eigenvalue weighted by atomic mass is 35.5. The van der Waals surface area contributed by atoms with E-state index in [1.54, 1.807) is 29.7 Å². The van der Waals surface area contributed by atoms with Gasteiger partial charge in [0.15, 0.2) is 0 Å². The van der Waals surface area contributed by atoms with Crippen molar-refractivity contribution in [2.75, 3.05) is 6.54 Å². The number of carbonyl (C=O) groups excluding carboxylic acids is 1. The second-order valence-electron chi connectivity index (χ2n) is 6.20. The summed E-state index contributed by atoms with van der Waals surface area (Å²) in [5, 5.41) is 1.47. The Hall–Kier alpha value is -3.12. The van der Waals surface area contributed by atoms with E-state index in [0.717, 1.165) is 27.7 Å². The van der Waals surface area contributed by atoms with Gasteiger partial charge in [-0.3, -0.25) is 9.78 Å². The highest BCUT2D eigenvalue weighted by Gasteiger charge is 2.19. The van der Waals surface area contributed by atoms with Gasteiger partial charge in [0.1, 0.15) is 11.3 Å². The lowest BCUT2D eigenvalue weighted by atomic mass is 10.1. The zero-order chi connectivity index (χ0) is 18.8. The van der Waals surface area contributed by atoms with Crippen molar-refractivity contribution in [3.05, 3.63) is 71.5 Å². The number of amides is 1. The van der Waals surface area contributed by atoms with Gasteiger partial charge in [-0.05, 0) is 36.8 Å². The third-order valence-corrected chi connectivity index (χ3v) is 4.82. The van der Waals surface area contributed by atoms with Gasteiger partial charge >= 0.3 is 0 Å². The van der Waals surface area contributed by atoms with Crippen molar-refractivity contribution in [2.24, 2.45) is 0 Å². The molecule has 136 valence electrons. The largest absolute Gasteiger partial charge is 0.357 e. The highest BCUT2D eigenvalue weighted by molar-refractivity contribution is 6.34. The molecule has 1 amide bonds. The van der Waals surface area contributed by atoms with Crippen LogP contribution in [0.3, 0.4) is 0 Å². The van der Waals surface area contributed by atoms with Crippen LogP contribution in [0.2, 0.25) is 5.02 Å². The van der Waals surface area contributed by atoms with Crippen molar-refractivity contribution in [2.45, 2.75) is 13.5 Å². The minimum Gasteiger partial charge on any atom is -0.357 e. The fourth-order valence-electron chi connectivity index (χ4n) is 3.15. The predicted octanol–water partition coefficient (Wildman–Crippen LogP) is 4.27. The van der Waals surface area contributed by atoms with E-state index in [1.165, 1.54) is 0 Å². The molecule has 0 saturated heterocycles. The summed E-state index contributed by atoms with van der Waals surface area (Å²) in [6.07, 6.45) is 8.71. The average molecular weight is 380 g/mol. The summed E-state index contributed by atoms with van der Waals surface area (Å²) in [6, 6.07) is 7.59. The minimum absolute atomic E-state index is 0.0592. The number of rotatable bonds is 5. The number of aromatic amines is 2. The monoisotopic (exact) mass is 379 g/mol. The van der Waals surface area contributed by atoms with Gasteiger partial charge in [-0.15, -0.1) is 0 Å². The fourth-order valence-corrected chi connectivity index (χ4v) is 3.40. The summed E-state index contributed by atoms with van der Waals surface area (Å²) in [5.74, 6) is -0.0592.